The van der Waals surface area contributed by atoms with E-state index in [0.717, 1.165) is 11.3 Å². The molecule has 17 heavy (non-hydrogen) atoms. The second-order valence-electron chi connectivity index (χ2n) is 4.04. The van der Waals surface area contributed by atoms with E-state index in [-0.39, 0.29) is 5.75 Å². The highest BCUT2D eigenvalue weighted by Crippen LogP contribution is 2.25. The van der Waals surface area contributed by atoms with Crippen molar-refractivity contribution < 1.29 is 8.42 Å². The van der Waals surface area contributed by atoms with Crippen LogP contribution in [-0.4, -0.2) is 34.0 Å². The van der Waals surface area contributed by atoms with E-state index in [1.165, 1.54) is 6.26 Å². The van der Waals surface area contributed by atoms with Gasteiger partial charge in [0.05, 0.1) is 16.5 Å². The Labute approximate surface area is 107 Å². The topological polar surface area (TPSA) is 63.4 Å². The van der Waals surface area contributed by atoms with Crippen molar-refractivity contribution in [1.29, 1.82) is 0 Å². The van der Waals surface area contributed by atoms with E-state index in [1.807, 2.05) is 24.1 Å². The van der Waals surface area contributed by atoms with Crippen LogP contribution in [0.15, 0.2) is 18.2 Å². The van der Waals surface area contributed by atoms with Crippen LogP contribution < -0.4 is 10.6 Å². The van der Waals surface area contributed by atoms with Crippen LogP contribution in [0.25, 0.3) is 0 Å². The monoisotopic (exact) mass is 276 g/mol. The van der Waals surface area contributed by atoms with Crippen molar-refractivity contribution in [3.8, 4) is 0 Å². The number of nitrogens with two attached hydrogens (primary N) is 1. The maximum atomic E-state index is 11.1. The number of rotatable bonds is 5. The molecule has 0 aliphatic heterocycles. The Morgan fingerprint density at radius 2 is 2.06 bits per heavy atom. The van der Waals surface area contributed by atoms with Gasteiger partial charge in [0.25, 0.3) is 0 Å². The summed E-state index contributed by atoms with van der Waals surface area (Å²) in [5, 5.41) is 0.587. The van der Waals surface area contributed by atoms with E-state index >= 15 is 0 Å². The second kappa shape index (κ2) is 5.71. The molecule has 96 valence electrons. The number of nitrogens with zero attached hydrogens (tertiary/aromatic N) is 1. The molecule has 0 saturated carbocycles. The molecule has 1 aromatic rings. The van der Waals surface area contributed by atoms with Crippen molar-refractivity contribution in [2.75, 3.05) is 30.5 Å². The fraction of sp³-hybridized carbons (Fsp3) is 0.455. The summed E-state index contributed by atoms with van der Waals surface area (Å²) < 4.78 is 22.2. The normalized spacial score (nSPS) is 11.5. The van der Waals surface area contributed by atoms with Crippen LogP contribution in [0.4, 0.5) is 5.69 Å². The Morgan fingerprint density at radius 3 is 2.53 bits per heavy atom. The van der Waals surface area contributed by atoms with Gasteiger partial charge in [0.2, 0.25) is 0 Å². The maximum Gasteiger partial charge on any atom is 0.149 e. The van der Waals surface area contributed by atoms with Crippen molar-refractivity contribution in [2.24, 2.45) is 5.73 Å². The first-order chi connectivity index (χ1) is 7.83. The van der Waals surface area contributed by atoms with Crippen LogP contribution in [-0.2, 0) is 16.4 Å². The number of hydrogen-bond acceptors (Lipinski definition) is 4. The van der Waals surface area contributed by atoms with Gasteiger partial charge in [-0.15, -0.1) is 0 Å². The molecule has 0 unspecified atom stereocenters. The third-order valence-electron chi connectivity index (χ3n) is 2.46. The molecule has 0 fully saturated rings. The van der Waals surface area contributed by atoms with Crippen LogP contribution in [0, 0.1) is 0 Å². The molecule has 1 aromatic carbocycles. The lowest BCUT2D eigenvalue weighted by Gasteiger charge is -2.20. The van der Waals surface area contributed by atoms with E-state index in [9.17, 15) is 8.42 Å². The summed E-state index contributed by atoms with van der Waals surface area (Å²) in [5.74, 6) is 0.110. The minimum Gasteiger partial charge on any atom is -0.372 e. The fourth-order valence-electron chi connectivity index (χ4n) is 1.41. The summed E-state index contributed by atoms with van der Waals surface area (Å²) in [6.45, 7) is 0.855. The summed E-state index contributed by atoms with van der Waals surface area (Å²) in [4.78, 5) is 1.82. The first-order valence-electron chi connectivity index (χ1n) is 5.21. The maximum absolute atomic E-state index is 11.1. The van der Waals surface area contributed by atoms with Crippen molar-refractivity contribution >= 4 is 27.1 Å². The molecule has 6 heteroatoms. The summed E-state index contributed by atoms with van der Waals surface area (Å²) in [6, 6.07) is 5.54. The lowest BCUT2D eigenvalue weighted by Crippen LogP contribution is -2.25. The van der Waals surface area contributed by atoms with Crippen LogP contribution in [0.3, 0.4) is 0 Å². The molecule has 0 aromatic heterocycles. The van der Waals surface area contributed by atoms with Gasteiger partial charge in [-0.2, -0.15) is 0 Å². The van der Waals surface area contributed by atoms with Gasteiger partial charge < -0.3 is 10.6 Å². The summed E-state index contributed by atoms with van der Waals surface area (Å²) in [6.07, 6.45) is 1.22. The van der Waals surface area contributed by atoms with Gasteiger partial charge in [-0.25, -0.2) is 8.42 Å². The van der Waals surface area contributed by atoms with Gasteiger partial charge >= 0.3 is 0 Å². The molecule has 0 heterocycles. The molecular formula is C11H17ClN2O2S. The number of anilines is 1. The summed E-state index contributed by atoms with van der Waals surface area (Å²) >= 11 is 6.11. The molecule has 0 saturated heterocycles. The van der Waals surface area contributed by atoms with E-state index in [2.05, 4.69) is 0 Å². The van der Waals surface area contributed by atoms with Crippen LogP contribution in [0.2, 0.25) is 5.02 Å². The molecule has 0 bridgehead atoms. The lowest BCUT2D eigenvalue weighted by molar-refractivity contribution is 0.601. The van der Waals surface area contributed by atoms with E-state index < -0.39 is 9.84 Å². The molecule has 4 nitrogen and oxygen atoms in total. The van der Waals surface area contributed by atoms with Crippen LogP contribution in [0.5, 0.6) is 0 Å². The second-order valence-corrected chi connectivity index (χ2v) is 6.71. The molecule has 0 aliphatic rings. The van der Waals surface area contributed by atoms with Gasteiger partial charge in [-0.1, -0.05) is 17.7 Å². The number of sulfone groups is 1. The molecule has 0 aliphatic carbocycles. The highest BCUT2D eigenvalue weighted by atomic mass is 35.5. The van der Waals surface area contributed by atoms with Crippen LogP contribution in [0.1, 0.15) is 5.56 Å². The first kappa shape index (κ1) is 14.3. The zero-order valence-corrected chi connectivity index (χ0v) is 11.6. The van der Waals surface area contributed by atoms with Gasteiger partial charge in [-0.3, -0.25) is 0 Å². The largest absolute Gasteiger partial charge is 0.372 e. The third kappa shape index (κ3) is 4.53. The van der Waals surface area contributed by atoms with Gasteiger partial charge in [-0.05, 0) is 17.7 Å². The van der Waals surface area contributed by atoms with Gasteiger partial charge in [0.15, 0.2) is 0 Å². The zero-order chi connectivity index (χ0) is 13.1. The van der Waals surface area contributed by atoms with E-state index in [0.29, 0.717) is 18.1 Å². The molecule has 0 atom stereocenters. The SMILES string of the molecule is CN(CCS(C)(=O)=O)c1ccc(CN)cc1Cl. The molecule has 0 amide bonds. The van der Waals surface area contributed by atoms with Crippen LogP contribution >= 0.6 is 11.6 Å². The van der Waals surface area contributed by atoms with Crippen molar-refractivity contribution in [3.05, 3.63) is 28.8 Å². The average Bonchev–Trinajstić information content (AvgIpc) is 2.24. The molecular weight excluding hydrogens is 260 g/mol. The first-order valence-corrected chi connectivity index (χ1v) is 7.64. The minimum atomic E-state index is -2.96. The molecule has 0 spiro atoms. The summed E-state index contributed by atoms with van der Waals surface area (Å²) in [5.41, 5.74) is 7.28. The Morgan fingerprint density at radius 1 is 1.41 bits per heavy atom. The molecule has 2 N–H and O–H groups in total. The zero-order valence-electron chi connectivity index (χ0n) is 9.98. The van der Waals surface area contributed by atoms with E-state index in [1.54, 1.807) is 6.07 Å². The number of benzene rings is 1. The van der Waals surface area contributed by atoms with Crippen molar-refractivity contribution in [1.82, 2.24) is 0 Å². The van der Waals surface area contributed by atoms with Crippen molar-refractivity contribution in [3.63, 3.8) is 0 Å². The number of hydrogen-bond donors (Lipinski definition) is 1. The Hall–Kier alpha value is -0.780. The quantitative estimate of drug-likeness (QED) is 0.880. The van der Waals surface area contributed by atoms with Crippen molar-refractivity contribution in [2.45, 2.75) is 6.54 Å². The van der Waals surface area contributed by atoms with Gasteiger partial charge in [0.1, 0.15) is 9.84 Å². The lowest BCUT2D eigenvalue weighted by atomic mass is 10.2. The fourth-order valence-corrected chi connectivity index (χ4v) is 2.36. The summed E-state index contributed by atoms with van der Waals surface area (Å²) in [7, 11) is -1.14. The predicted molar refractivity (Wildman–Crippen MR) is 72.3 cm³/mol. The average molecular weight is 277 g/mol. The molecule has 0 radical (unpaired) electrons. The highest BCUT2D eigenvalue weighted by molar-refractivity contribution is 7.90. The Kier molecular flexibility index (Phi) is 4.80. The Bertz CT molecular complexity index is 488. The highest BCUT2D eigenvalue weighted by Gasteiger charge is 2.09. The van der Waals surface area contributed by atoms with E-state index in [4.69, 9.17) is 17.3 Å². The standard InChI is InChI=1S/C11H17ClN2O2S/c1-14(5-6-17(2,15)16)11-4-3-9(8-13)7-10(11)12/h3-4,7H,5-6,8,13H2,1-2H3. The smallest absolute Gasteiger partial charge is 0.149 e. The number of halogens is 1. The third-order valence-corrected chi connectivity index (χ3v) is 3.68. The Balaban J connectivity index is 2.79. The minimum absolute atomic E-state index is 0.110. The van der Waals surface area contributed by atoms with Gasteiger partial charge in [0, 0.05) is 26.4 Å². The molecule has 1 rings (SSSR count). The predicted octanol–water partition coefficient (Wildman–Crippen LogP) is 1.28.